The van der Waals surface area contributed by atoms with E-state index in [2.05, 4.69) is 5.32 Å². The average Bonchev–Trinajstić information content (AvgIpc) is 2.79. The number of carbonyl (C=O) groups excluding carboxylic acids is 1. The molecule has 3 rings (SSSR count). The Labute approximate surface area is 200 Å². The minimum absolute atomic E-state index is 0.109. The van der Waals surface area contributed by atoms with Gasteiger partial charge in [0.2, 0.25) is 0 Å². The zero-order chi connectivity index (χ0) is 23.1. The predicted octanol–water partition coefficient (Wildman–Crippen LogP) is 6.78. The smallest absolute Gasteiger partial charge is 0.266 e. The first-order chi connectivity index (χ1) is 15.4. The van der Waals surface area contributed by atoms with Crippen molar-refractivity contribution in [3.8, 4) is 17.6 Å². The molecule has 0 spiro atoms. The number of hydrogen-bond acceptors (Lipinski definition) is 4. The Hall–Kier alpha value is -3.17. The minimum Gasteiger partial charge on any atom is -0.497 e. The van der Waals surface area contributed by atoms with E-state index in [1.54, 1.807) is 67.8 Å². The van der Waals surface area contributed by atoms with Crippen molar-refractivity contribution in [2.75, 3.05) is 12.4 Å². The van der Waals surface area contributed by atoms with E-state index in [4.69, 9.17) is 44.3 Å². The Kier molecular flexibility index (Phi) is 8.02. The molecule has 3 aromatic rings. The number of nitrogens with one attached hydrogen (secondary N) is 1. The van der Waals surface area contributed by atoms with Crippen molar-refractivity contribution in [2.24, 2.45) is 0 Å². The summed E-state index contributed by atoms with van der Waals surface area (Å²) in [5.41, 5.74) is 1.71. The third-order valence-corrected chi connectivity index (χ3v) is 5.34. The van der Waals surface area contributed by atoms with Gasteiger partial charge in [-0.1, -0.05) is 40.9 Å². The first-order valence-corrected chi connectivity index (χ1v) is 10.5. The summed E-state index contributed by atoms with van der Waals surface area (Å²) in [6, 6.07) is 18.8. The average molecular weight is 488 g/mol. The summed E-state index contributed by atoms with van der Waals surface area (Å²) in [7, 11) is 1.55. The molecule has 1 N–H and O–H groups in total. The van der Waals surface area contributed by atoms with Crippen LogP contribution in [0.2, 0.25) is 15.1 Å². The maximum absolute atomic E-state index is 12.6. The van der Waals surface area contributed by atoms with Crippen LogP contribution in [0.4, 0.5) is 5.69 Å². The molecular formula is C24H17Cl3N2O3. The number of amides is 1. The van der Waals surface area contributed by atoms with Crippen molar-refractivity contribution in [1.29, 1.82) is 5.26 Å². The number of benzene rings is 3. The van der Waals surface area contributed by atoms with E-state index in [0.717, 1.165) is 5.56 Å². The van der Waals surface area contributed by atoms with Gasteiger partial charge in [0.25, 0.3) is 5.91 Å². The Balaban J connectivity index is 1.81. The van der Waals surface area contributed by atoms with Crippen molar-refractivity contribution in [1.82, 2.24) is 0 Å². The topological polar surface area (TPSA) is 71.3 Å². The number of hydrogen-bond donors (Lipinski definition) is 1. The fourth-order valence-corrected chi connectivity index (χ4v) is 3.23. The standard InChI is InChI=1S/C24H17Cl3N2O3/c1-31-20-6-4-19(5-7-20)29-24(30)17(13-28)11-16-12-18(25)3-9-23(16)32-14-15-2-8-21(26)22(27)10-15/h2-12H,14H2,1H3,(H,29,30)/b17-11+. The van der Waals surface area contributed by atoms with Crippen molar-refractivity contribution in [3.63, 3.8) is 0 Å². The van der Waals surface area contributed by atoms with Gasteiger partial charge in [-0.3, -0.25) is 4.79 Å². The van der Waals surface area contributed by atoms with Gasteiger partial charge in [-0.25, -0.2) is 0 Å². The number of nitriles is 1. The molecule has 0 fully saturated rings. The van der Waals surface area contributed by atoms with Crippen molar-refractivity contribution < 1.29 is 14.3 Å². The van der Waals surface area contributed by atoms with Crippen molar-refractivity contribution >= 4 is 52.5 Å². The van der Waals surface area contributed by atoms with Gasteiger partial charge in [-0.05, 0) is 66.2 Å². The maximum atomic E-state index is 12.6. The highest BCUT2D eigenvalue weighted by atomic mass is 35.5. The highest BCUT2D eigenvalue weighted by Gasteiger charge is 2.12. The minimum atomic E-state index is -0.562. The number of ether oxygens (including phenoxy) is 2. The molecule has 3 aromatic carbocycles. The number of rotatable bonds is 7. The van der Waals surface area contributed by atoms with Crippen LogP contribution in [-0.4, -0.2) is 13.0 Å². The van der Waals surface area contributed by atoms with Crippen LogP contribution in [0.3, 0.4) is 0 Å². The lowest BCUT2D eigenvalue weighted by atomic mass is 10.1. The van der Waals surface area contributed by atoms with Crippen LogP contribution in [0.5, 0.6) is 11.5 Å². The molecule has 0 bridgehead atoms. The Morgan fingerprint density at radius 1 is 1.03 bits per heavy atom. The van der Waals surface area contributed by atoms with E-state index in [0.29, 0.717) is 37.8 Å². The molecule has 0 aliphatic heterocycles. The molecule has 0 heterocycles. The highest BCUT2D eigenvalue weighted by molar-refractivity contribution is 6.42. The van der Waals surface area contributed by atoms with Gasteiger partial charge in [-0.15, -0.1) is 0 Å². The van der Waals surface area contributed by atoms with Gasteiger partial charge in [0.05, 0.1) is 17.2 Å². The summed E-state index contributed by atoms with van der Waals surface area (Å²) in [6.45, 7) is 0.208. The summed E-state index contributed by atoms with van der Waals surface area (Å²) < 4.78 is 11.0. The van der Waals surface area contributed by atoms with E-state index < -0.39 is 5.91 Å². The summed E-state index contributed by atoms with van der Waals surface area (Å²) in [4.78, 5) is 12.6. The van der Waals surface area contributed by atoms with E-state index in [1.807, 2.05) is 6.07 Å². The van der Waals surface area contributed by atoms with Gasteiger partial charge in [0, 0.05) is 16.3 Å². The molecule has 32 heavy (non-hydrogen) atoms. The van der Waals surface area contributed by atoms with E-state index in [9.17, 15) is 10.1 Å². The van der Waals surface area contributed by atoms with Gasteiger partial charge >= 0.3 is 0 Å². The van der Waals surface area contributed by atoms with Crippen LogP contribution in [0.25, 0.3) is 6.08 Å². The molecule has 0 aliphatic carbocycles. The monoisotopic (exact) mass is 486 g/mol. The fourth-order valence-electron chi connectivity index (χ4n) is 2.73. The third kappa shape index (κ3) is 6.18. The molecule has 1 amide bonds. The number of halogens is 3. The molecule has 0 aliphatic rings. The van der Waals surface area contributed by atoms with Crippen molar-refractivity contribution in [2.45, 2.75) is 6.61 Å². The van der Waals surface area contributed by atoms with Gasteiger partial charge in [0.15, 0.2) is 0 Å². The van der Waals surface area contributed by atoms with Crippen molar-refractivity contribution in [3.05, 3.63) is 92.4 Å². The third-order valence-electron chi connectivity index (χ3n) is 4.36. The van der Waals surface area contributed by atoms with Gasteiger partial charge in [0.1, 0.15) is 29.7 Å². The van der Waals surface area contributed by atoms with Gasteiger partial charge in [-0.2, -0.15) is 5.26 Å². The maximum Gasteiger partial charge on any atom is 0.266 e. The summed E-state index contributed by atoms with van der Waals surface area (Å²) >= 11 is 18.1. The second kappa shape index (κ2) is 10.9. The second-order valence-electron chi connectivity index (χ2n) is 6.57. The number of anilines is 1. The van der Waals surface area contributed by atoms with E-state index >= 15 is 0 Å². The molecular weight excluding hydrogens is 471 g/mol. The number of methoxy groups -OCH3 is 1. The molecule has 5 nitrogen and oxygen atoms in total. The Morgan fingerprint density at radius 3 is 2.44 bits per heavy atom. The zero-order valence-corrected chi connectivity index (χ0v) is 19.1. The lowest BCUT2D eigenvalue weighted by Crippen LogP contribution is -2.13. The fraction of sp³-hybridized carbons (Fsp3) is 0.0833. The highest BCUT2D eigenvalue weighted by Crippen LogP contribution is 2.28. The largest absolute Gasteiger partial charge is 0.497 e. The predicted molar refractivity (Wildman–Crippen MR) is 127 cm³/mol. The molecule has 0 unspecified atom stereocenters. The molecule has 0 radical (unpaired) electrons. The molecule has 0 saturated heterocycles. The molecule has 0 aromatic heterocycles. The van der Waals surface area contributed by atoms with E-state index in [1.165, 1.54) is 6.08 Å². The van der Waals surface area contributed by atoms with Gasteiger partial charge < -0.3 is 14.8 Å². The quantitative estimate of drug-likeness (QED) is 0.294. The summed E-state index contributed by atoms with van der Waals surface area (Å²) in [5, 5.41) is 13.5. The van der Waals surface area contributed by atoms with Crippen LogP contribution in [0.15, 0.2) is 66.2 Å². The number of carbonyl (C=O) groups is 1. The van der Waals surface area contributed by atoms with Crippen LogP contribution >= 0.6 is 34.8 Å². The molecule has 162 valence electrons. The lowest BCUT2D eigenvalue weighted by Gasteiger charge is -2.11. The van der Waals surface area contributed by atoms with Crippen LogP contribution in [0, 0.1) is 11.3 Å². The summed E-state index contributed by atoms with van der Waals surface area (Å²) in [5.74, 6) is 0.542. The van der Waals surface area contributed by atoms with Crippen LogP contribution in [-0.2, 0) is 11.4 Å². The molecule has 0 atom stereocenters. The van der Waals surface area contributed by atoms with Crippen LogP contribution in [0.1, 0.15) is 11.1 Å². The summed E-state index contributed by atoms with van der Waals surface area (Å²) in [6.07, 6.45) is 1.43. The molecule has 8 heteroatoms. The number of nitrogens with zero attached hydrogens (tertiary/aromatic N) is 1. The first-order valence-electron chi connectivity index (χ1n) is 9.33. The molecule has 0 saturated carbocycles. The Bertz CT molecular complexity index is 1200. The SMILES string of the molecule is COc1ccc(NC(=O)/C(C#N)=C/c2cc(Cl)ccc2OCc2ccc(Cl)c(Cl)c2)cc1. The van der Waals surface area contributed by atoms with E-state index in [-0.39, 0.29) is 12.2 Å². The first kappa shape index (κ1) is 23.5. The zero-order valence-electron chi connectivity index (χ0n) is 16.9. The second-order valence-corrected chi connectivity index (χ2v) is 7.82. The Morgan fingerprint density at radius 2 is 1.78 bits per heavy atom. The van der Waals surface area contributed by atoms with Crippen LogP contribution < -0.4 is 14.8 Å². The normalized spacial score (nSPS) is 10.9. The lowest BCUT2D eigenvalue weighted by molar-refractivity contribution is -0.112.